The zero-order valence-corrected chi connectivity index (χ0v) is 9.39. The molecular weight excluding hydrogens is 230 g/mol. The second-order valence-electron chi connectivity index (χ2n) is 3.86. The van der Waals surface area contributed by atoms with Crippen LogP contribution < -0.4 is 4.90 Å². The van der Waals surface area contributed by atoms with Crippen LogP contribution in [0, 0.1) is 0 Å². The summed E-state index contributed by atoms with van der Waals surface area (Å²) >= 11 is 0. The van der Waals surface area contributed by atoms with E-state index in [4.69, 9.17) is 4.55 Å². The zero-order chi connectivity index (χ0) is 11.8. The van der Waals surface area contributed by atoms with Crippen molar-refractivity contribution in [3.05, 3.63) is 24.3 Å². The summed E-state index contributed by atoms with van der Waals surface area (Å²) in [7, 11) is -4.12. The molecule has 0 saturated carbocycles. The molecule has 6 heteroatoms. The van der Waals surface area contributed by atoms with Gasteiger partial charge >= 0.3 is 0 Å². The number of nitrogens with zero attached hydrogens (tertiary/aromatic N) is 1. The summed E-state index contributed by atoms with van der Waals surface area (Å²) in [4.78, 5) is 1.86. The first kappa shape index (κ1) is 11.4. The van der Waals surface area contributed by atoms with E-state index in [1.54, 1.807) is 12.1 Å². The van der Waals surface area contributed by atoms with E-state index in [9.17, 15) is 13.5 Å². The summed E-state index contributed by atoms with van der Waals surface area (Å²) in [6, 6.07) is 5.97. The molecule has 88 valence electrons. The summed E-state index contributed by atoms with van der Waals surface area (Å²) in [5.74, 6) is 0. The molecule has 5 nitrogen and oxygen atoms in total. The van der Waals surface area contributed by atoms with Crippen molar-refractivity contribution >= 4 is 15.8 Å². The zero-order valence-electron chi connectivity index (χ0n) is 8.57. The van der Waals surface area contributed by atoms with E-state index in [2.05, 4.69) is 0 Å². The lowest BCUT2D eigenvalue weighted by Gasteiger charge is -2.17. The van der Waals surface area contributed by atoms with Crippen LogP contribution in [0.1, 0.15) is 6.42 Å². The Bertz CT molecular complexity index is 468. The highest BCUT2D eigenvalue weighted by Crippen LogP contribution is 2.22. The van der Waals surface area contributed by atoms with Crippen LogP contribution in [0.4, 0.5) is 5.69 Å². The van der Waals surface area contributed by atoms with Crippen molar-refractivity contribution in [3.8, 4) is 0 Å². The van der Waals surface area contributed by atoms with E-state index < -0.39 is 10.1 Å². The molecule has 0 aromatic heterocycles. The molecule has 1 unspecified atom stereocenters. The lowest BCUT2D eigenvalue weighted by Crippen LogP contribution is -2.21. The molecule has 16 heavy (non-hydrogen) atoms. The number of hydrogen-bond acceptors (Lipinski definition) is 4. The average molecular weight is 243 g/mol. The van der Waals surface area contributed by atoms with Gasteiger partial charge in [-0.2, -0.15) is 8.42 Å². The molecule has 0 spiro atoms. The van der Waals surface area contributed by atoms with Crippen LogP contribution in [0.15, 0.2) is 29.2 Å². The molecule has 1 aromatic rings. The number of benzene rings is 1. The van der Waals surface area contributed by atoms with E-state index in [1.165, 1.54) is 12.1 Å². The van der Waals surface area contributed by atoms with Crippen molar-refractivity contribution in [3.63, 3.8) is 0 Å². The van der Waals surface area contributed by atoms with Crippen LogP contribution in [-0.4, -0.2) is 37.3 Å². The third-order valence-electron chi connectivity index (χ3n) is 2.66. The third-order valence-corrected chi connectivity index (χ3v) is 3.53. The summed E-state index contributed by atoms with van der Waals surface area (Å²) in [5.41, 5.74) is 0.851. The van der Waals surface area contributed by atoms with E-state index in [-0.39, 0.29) is 11.0 Å². The van der Waals surface area contributed by atoms with Gasteiger partial charge in [0, 0.05) is 18.8 Å². The minimum Gasteiger partial charge on any atom is -0.391 e. The molecule has 1 saturated heterocycles. The minimum absolute atomic E-state index is 0.115. The Hall–Kier alpha value is -1.11. The SMILES string of the molecule is O=S(=O)(O)c1ccc(N2CCC(O)C2)cc1. The van der Waals surface area contributed by atoms with Gasteiger partial charge < -0.3 is 10.0 Å². The van der Waals surface area contributed by atoms with Gasteiger partial charge in [-0.15, -0.1) is 0 Å². The molecule has 0 radical (unpaired) electrons. The number of β-amino-alcohol motifs (C(OH)–C–C–N with tert-alkyl or cyclic N) is 1. The Morgan fingerprint density at radius 2 is 1.88 bits per heavy atom. The maximum absolute atomic E-state index is 10.8. The van der Waals surface area contributed by atoms with Gasteiger partial charge in [0.05, 0.1) is 11.0 Å². The fraction of sp³-hybridized carbons (Fsp3) is 0.400. The Labute approximate surface area is 94.1 Å². The smallest absolute Gasteiger partial charge is 0.294 e. The van der Waals surface area contributed by atoms with Crippen LogP contribution in [-0.2, 0) is 10.1 Å². The fourth-order valence-corrected chi connectivity index (χ4v) is 2.29. The van der Waals surface area contributed by atoms with Crippen molar-refractivity contribution in [1.82, 2.24) is 0 Å². The van der Waals surface area contributed by atoms with E-state index >= 15 is 0 Å². The normalized spacial score (nSPS) is 21.4. The van der Waals surface area contributed by atoms with Crippen LogP contribution in [0.5, 0.6) is 0 Å². The minimum atomic E-state index is -4.12. The number of rotatable bonds is 2. The molecule has 2 N–H and O–H groups in total. The molecule has 0 aliphatic carbocycles. The Kier molecular flexibility index (Phi) is 2.88. The van der Waals surface area contributed by atoms with Crippen molar-refractivity contribution in [2.45, 2.75) is 17.4 Å². The highest BCUT2D eigenvalue weighted by atomic mass is 32.2. The standard InChI is InChI=1S/C10H13NO4S/c12-9-5-6-11(7-9)8-1-3-10(4-2-8)16(13,14)15/h1-4,9,12H,5-7H2,(H,13,14,15). The largest absolute Gasteiger partial charge is 0.391 e. The molecule has 1 aliphatic rings. The van der Waals surface area contributed by atoms with Gasteiger partial charge in [0.2, 0.25) is 0 Å². The lowest BCUT2D eigenvalue weighted by molar-refractivity contribution is 0.198. The third kappa shape index (κ3) is 2.34. The Balaban J connectivity index is 2.20. The van der Waals surface area contributed by atoms with E-state index in [1.807, 2.05) is 4.90 Å². The van der Waals surface area contributed by atoms with Crippen LogP contribution in [0.2, 0.25) is 0 Å². The first-order valence-corrected chi connectivity index (χ1v) is 6.41. The summed E-state index contributed by atoms with van der Waals surface area (Å²) in [5, 5.41) is 9.37. The van der Waals surface area contributed by atoms with Crippen molar-refractivity contribution in [2.24, 2.45) is 0 Å². The van der Waals surface area contributed by atoms with Gasteiger partial charge in [0.1, 0.15) is 0 Å². The van der Waals surface area contributed by atoms with Crippen LogP contribution >= 0.6 is 0 Å². The van der Waals surface area contributed by atoms with Crippen molar-refractivity contribution < 1.29 is 18.1 Å². The summed E-state index contributed by atoms with van der Waals surface area (Å²) in [6.45, 7) is 1.32. The summed E-state index contributed by atoms with van der Waals surface area (Å²) in [6.07, 6.45) is 0.404. The monoisotopic (exact) mass is 243 g/mol. The predicted octanol–water partition coefficient (Wildman–Crippen LogP) is 0.504. The van der Waals surface area contributed by atoms with Crippen molar-refractivity contribution in [2.75, 3.05) is 18.0 Å². The first-order chi connectivity index (χ1) is 7.47. The van der Waals surface area contributed by atoms with E-state index in [0.717, 1.165) is 18.7 Å². The molecule has 2 rings (SSSR count). The highest BCUT2D eigenvalue weighted by Gasteiger charge is 2.20. The number of hydrogen-bond donors (Lipinski definition) is 2. The Morgan fingerprint density at radius 1 is 1.25 bits per heavy atom. The second kappa shape index (κ2) is 4.04. The van der Waals surface area contributed by atoms with E-state index in [0.29, 0.717) is 6.54 Å². The second-order valence-corrected chi connectivity index (χ2v) is 5.28. The Morgan fingerprint density at radius 3 is 2.31 bits per heavy atom. The number of aliphatic hydroxyl groups is 1. The van der Waals surface area contributed by atoms with Gasteiger partial charge in [-0.1, -0.05) is 0 Å². The molecule has 1 heterocycles. The summed E-state index contributed by atoms with van der Waals surface area (Å²) < 4.78 is 30.4. The molecular formula is C10H13NO4S. The first-order valence-electron chi connectivity index (χ1n) is 4.97. The topological polar surface area (TPSA) is 77.8 Å². The van der Waals surface area contributed by atoms with Crippen LogP contribution in [0.25, 0.3) is 0 Å². The molecule has 1 aliphatic heterocycles. The lowest BCUT2D eigenvalue weighted by atomic mass is 10.3. The average Bonchev–Trinajstić information content (AvgIpc) is 2.64. The molecule has 0 bridgehead atoms. The fourth-order valence-electron chi connectivity index (χ4n) is 1.81. The molecule has 1 atom stereocenters. The van der Waals surface area contributed by atoms with Crippen LogP contribution in [0.3, 0.4) is 0 Å². The quantitative estimate of drug-likeness (QED) is 0.740. The van der Waals surface area contributed by atoms with Gasteiger partial charge in [-0.25, -0.2) is 0 Å². The molecule has 1 aromatic carbocycles. The van der Waals surface area contributed by atoms with Gasteiger partial charge in [0.25, 0.3) is 10.1 Å². The number of aliphatic hydroxyl groups excluding tert-OH is 1. The van der Waals surface area contributed by atoms with Gasteiger partial charge in [0.15, 0.2) is 0 Å². The number of anilines is 1. The maximum Gasteiger partial charge on any atom is 0.294 e. The van der Waals surface area contributed by atoms with Crippen molar-refractivity contribution in [1.29, 1.82) is 0 Å². The molecule has 0 amide bonds. The highest BCUT2D eigenvalue weighted by molar-refractivity contribution is 7.85. The maximum atomic E-state index is 10.8. The predicted molar refractivity (Wildman–Crippen MR) is 59.1 cm³/mol. The van der Waals surface area contributed by atoms with Gasteiger partial charge in [-0.3, -0.25) is 4.55 Å². The van der Waals surface area contributed by atoms with Gasteiger partial charge in [-0.05, 0) is 30.7 Å². The molecule has 1 fully saturated rings.